The summed E-state index contributed by atoms with van der Waals surface area (Å²) in [5.41, 5.74) is 4.00. The molecule has 1 aromatic carbocycles. The maximum absolute atomic E-state index is 13.3. The van der Waals surface area contributed by atoms with Crippen LogP contribution in [-0.4, -0.2) is 52.2 Å². The Labute approximate surface area is 191 Å². The molecule has 1 aromatic heterocycles. The molecule has 0 atom stereocenters. The molecule has 0 spiro atoms. The third kappa shape index (κ3) is 4.75. The molecule has 2 heterocycles. The van der Waals surface area contributed by atoms with Crippen LogP contribution >= 0.6 is 0 Å². The van der Waals surface area contributed by atoms with E-state index in [1.54, 1.807) is 7.11 Å². The van der Waals surface area contributed by atoms with Gasteiger partial charge in [-0.25, -0.2) is 4.68 Å². The van der Waals surface area contributed by atoms with E-state index in [2.05, 4.69) is 11.5 Å². The number of benzene rings is 1. The molecule has 6 heteroatoms. The number of fused-ring (bicyclic) bond motifs is 1. The molecular weight excluding hydrogens is 400 g/mol. The molecule has 2 aliphatic rings. The average Bonchev–Trinajstić information content (AvgIpc) is 3.52. The summed E-state index contributed by atoms with van der Waals surface area (Å²) < 4.78 is 7.68. The molecule has 2 aromatic rings. The summed E-state index contributed by atoms with van der Waals surface area (Å²) in [6.45, 7) is 13.9. The molecule has 4 rings (SSSR count). The van der Waals surface area contributed by atoms with E-state index in [1.165, 1.54) is 24.1 Å². The molecule has 1 fully saturated rings. The molecule has 0 unspecified atom stereocenters. The highest BCUT2D eigenvalue weighted by Gasteiger charge is 2.34. The molecule has 0 radical (unpaired) electrons. The molecule has 0 bridgehead atoms. The zero-order chi connectivity index (χ0) is 22.9. The Morgan fingerprint density at radius 3 is 2.72 bits per heavy atom. The number of hydrogen-bond acceptors (Lipinski definition) is 4. The van der Waals surface area contributed by atoms with Crippen molar-refractivity contribution in [3.05, 3.63) is 53.9 Å². The number of hydrogen-bond donors (Lipinski definition) is 0. The lowest BCUT2D eigenvalue weighted by Gasteiger charge is -2.30. The van der Waals surface area contributed by atoms with E-state index >= 15 is 0 Å². The smallest absolute Gasteiger partial charge is 0.228 e. The number of aromatic nitrogens is 2. The van der Waals surface area contributed by atoms with Gasteiger partial charge < -0.3 is 9.64 Å². The lowest BCUT2D eigenvalue weighted by molar-refractivity contribution is -0.140. The molecule has 0 N–H and O–H groups in total. The predicted molar refractivity (Wildman–Crippen MR) is 127 cm³/mol. The van der Waals surface area contributed by atoms with Gasteiger partial charge in [-0.15, -0.1) is 6.58 Å². The first-order chi connectivity index (χ1) is 15.3. The van der Waals surface area contributed by atoms with Crippen LogP contribution < -0.4 is 4.74 Å². The van der Waals surface area contributed by atoms with Crippen molar-refractivity contribution in [2.45, 2.75) is 53.1 Å². The predicted octanol–water partition coefficient (Wildman–Crippen LogP) is 4.21. The third-order valence-corrected chi connectivity index (χ3v) is 6.37. The Morgan fingerprint density at radius 1 is 1.31 bits per heavy atom. The largest absolute Gasteiger partial charge is 0.494 e. The molecule has 6 nitrogen and oxygen atoms in total. The number of methoxy groups -OCH3 is 1. The fraction of sp³-hybridized carbons (Fsp3) is 0.538. The van der Waals surface area contributed by atoms with Gasteiger partial charge in [0, 0.05) is 43.6 Å². The first-order valence-electron chi connectivity index (χ1n) is 11.7. The fourth-order valence-electron chi connectivity index (χ4n) is 4.50. The third-order valence-electron chi connectivity index (χ3n) is 6.37. The maximum atomic E-state index is 13.3. The number of para-hydroxylation sites is 2. The van der Waals surface area contributed by atoms with E-state index < -0.39 is 5.41 Å². The summed E-state index contributed by atoms with van der Waals surface area (Å²) in [7, 11) is 1.70. The van der Waals surface area contributed by atoms with E-state index in [-0.39, 0.29) is 5.91 Å². The van der Waals surface area contributed by atoms with Crippen LogP contribution in [0.25, 0.3) is 5.69 Å². The van der Waals surface area contributed by atoms with Gasteiger partial charge in [-0.3, -0.25) is 9.69 Å². The van der Waals surface area contributed by atoms with Crippen LogP contribution in [0.4, 0.5) is 0 Å². The zero-order valence-electron chi connectivity index (χ0n) is 19.9. The molecule has 172 valence electrons. The van der Waals surface area contributed by atoms with Crippen molar-refractivity contribution in [2.75, 3.05) is 26.7 Å². The van der Waals surface area contributed by atoms with Gasteiger partial charge in [-0.05, 0) is 30.9 Å². The molecule has 0 saturated heterocycles. The summed E-state index contributed by atoms with van der Waals surface area (Å²) in [5.74, 6) is 1.63. The Balaban J connectivity index is 1.74. The minimum atomic E-state index is -0.408. The highest BCUT2D eigenvalue weighted by molar-refractivity contribution is 5.81. The summed E-state index contributed by atoms with van der Waals surface area (Å²) in [6, 6.07) is 8.01. The average molecular weight is 437 g/mol. The molecule has 1 saturated carbocycles. The van der Waals surface area contributed by atoms with E-state index in [4.69, 9.17) is 9.84 Å². The van der Waals surface area contributed by atoms with Gasteiger partial charge in [0.25, 0.3) is 0 Å². The van der Waals surface area contributed by atoms with E-state index in [0.717, 1.165) is 49.7 Å². The zero-order valence-corrected chi connectivity index (χ0v) is 19.9. The van der Waals surface area contributed by atoms with Crippen LogP contribution in [0, 0.1) is 11.3 Å². The monoisotopic (exact) mass is 436 g/mol. The minimum Gasteiger partial charge on any atom is -0.494 e. The van der Waals surface area contributed by atoms with Crippen LogP contribution in [0.15, 0.2) is 36.9 Å². The quantitative estimate of drug-likeness (QED) is 0.582. The Bertz CT molecular complexity index is 984. The number of amides is 1. The van der Waals surface area contributed by atoms with Gasteiger partial charge in [0.1, 0.15) is 11.4 Å². The molecular formula is C26H36N4O2. The van der Waals surface area contributed by atoms with Gasteiger partial charge >= 0.3 is 0 Å². The Kier molecular flexibility index (Phi) is 6.42. The van der Waals surface area contributed by atoms with E-state index in [9.17, 15) is 4.79 Å². The van der Waals surface area contributed by atoms with Crippen LogP contribution in [0.1, 0.15) is 50.6 Å². The van der Waals surface area contributed by atoms with Crippen molar-refractivity contribution in [3.63, 3.8) is 0 Å². The van der Waals surface area contributed by atoms with Crippen LogP contribution in [0.5, 0.6) is 5.75 Å². The summed E-state index contributed by atoms with van der Waals surface area (Å²) >= 11 is 0. The number of ether oxygens (including phenoxy) is 1. The van der Waals surface area contributed by atoms with E-state index in [0.29, 0.717) is 12.5 Å². The standard InChI is InChI=1S/C26H36N4O2/c1-6-14-28-15-13-22-20(17-28)21(27-30(22)23-9-7-8-10-24(23)32-5)18-29(16-19-11-12-19)25(31)26(2,3)4/h6-10,19H,1,11-18H2,2-5H3. The summed E-state index contributed by atoms with van der Waals surface area (Å²) in [6.07, 6.45) is 5.30. The second kappa shape index (κ2) is 9.10. The minimum absolute atomic E-state index is 0.198. The summed E-state index contributed by atoms with van der Waals surface area (Å²) in [5, 5.41) is 5.09. The summed E-state index contributed by atoms with van der Waals surface area (Å²) in [4.78, 5) is 17.7. The van der Waals surface area contributed by atoms with Crippen molar-refractivity contribution in [1.82, 2.24) is 19.6 Å². The second-order valence-corrected chi connectivity index (χ2v) is 10.1. The number of nitrogens with zero attached hydrogens (tertiary/aromatic N) is 4. The van der Waals surface area contributed by atoms with Gasteiger partial charge in [-0.1, -0.05) is 39.0 Å². The van der Waals surface area contributed by atoms with Gasteiger partial charge in [0.2, 0.25) is 5.91 Å². The van der Waals surface area contributed by atoms with Crippen LogP contribution in [-0.2, 0) is 24.3 Å². The SMILES string of the molecule is C=CCN1CCc2c(c(CN(CC3CC3)C(=O)C(C)(C)C)nn2-c2ccccc2OC)C1. The number of rotatable bonds is 8. The van der Waals surface area contributed by atoms with Crippen molar-refractivity contribution >= 4 is 5.91 Å². The topological polar surface area (TPSA) is 50.6 Å². The highest BCUT2D eigenvalue weighted by atomic mass is 16.5. The molecule has 1 aliphatic heterocycles. The second-order valence-electron chi connectivity index (χ2n) is 10.1. The Morgan fingerprint density at radius 2 is 2.06 bits per heavy atom. The molecule has 32 heavy (non-hydrogen) atoms. The number of carbonyl (C=O) groups is 1. The highest BCUT2D eigenvalue weighted by Crippen LogP contribution is 2.34. The lowest BCUT2D eigenvalue weighted by atomic mass is 9.94. The van der Waals surface area contributed by atoms with Crippen LogP contribution in [0.2, 0.25) is 0 Å². The molecule has 1 amide bonds. The van der Waals surface area contributed by atoms with Crippen LogP contribution in [0.3, 0.4) is 0 Å². The lowest BCUT2D eigenvalue weighted by Crippen LogP contribution is -2.40. The fourth-order valence-corrected chi connectivity index (χ4v) is 4.50. The molecule has 1 aliphatic carbocycles. The normalized spacial score (nSPS) is 16.5. The van der Waals surface area contributed by atoms with Crippen molar-refractivity contribution in [2.24, 2.45) is 11.3 Å². The Hall–Kier alpha value is -2.60. The first-order valence-corrected chi connectivity index (χ1v) is 11.7. The first kappa shape index (κ1) is 22.6. The number of carbonyl (C=O) groups excluding carboxylic acids is 1. The van der Waals surface area contributed by atoms with Crippen molar-refractivity contribution in [3.8, 4) is 11.4 Å². The van der Waals surface area contributed by atoms with Crippen molar-refractivity contribution < 1.29 is 9.53 Å². The van der Waals surface area contributed by atoms with Gasteiger partial charge in [0.05, 0.1) is 25.0 Å². The van der Waals surface area contributed by atoms with Crippen molar-refractivity contribution in [1.29, 1.82) is 0 Å². The maximum Gasteiger partial charge on any atom is 0.228 e. The van der Waals surface area contributed by atoms with Gasteiger partial charge in [-0.2, -0.15) is 5.10 Å². The van der Waals surface area contributed by atoms with E-state index in [1.807, 2.05) is 60.7 Å². The van der Waals surface area contributed by atoms with Gasteiger partial charge in [0.15, 0.2) is 0 Å².